The van der Waals surface area contributed by atoms with E-state index in [2.05, 4.69) is 22.3 Å². The lowest BCUT2D eigenvalue weighted by atomic mass is 9.70. The highest BCUT2D eigenvalue weighted by Crippen LogP contribution is 2.53. The summed E-state index contributed by atoms with van der Waals surface area (Å²) in [5.41, 5.74) is 8.47. The molecule has 3 N–H and O–H groups in total. The van der Waals surface area contributed by atoms with Crippen LogP contribution in [0.25, 0.3) is 0 Å². The van der Waals surface area contributed by atoms with Crippen LogP contribution in [0.5, 0.6) is 0 Å². The molecule has 2 aromatic carbocycles. The fraction of sp³-hybridized carbons (Fsp3) is 0.435. The fourth-order valence-electron chi connectivity index (χ4n) is 5.55. The summed E-state index contributed by atoms with van der Waals surface area (Å²) in [4.78, 5) is 15.7. The van der Waals surface area contributed by atoms with Gasteiger partial charge in [-0.15, -0.1) is 0 Å². The van der Waals surface area contributed by atoms with E-state index in [9.17, 15) is 4.79 Å². The van der Waals surface area contributed by atoms with Crippen LogP contribution in [0.3, 0.4) is 0 Å². The van der Waals surface area contributed by atoms with Crippen LogP contribution in [-0.2, 0) is 16.6 Å². The predicted octanol–water partition coefficient (Wildman–Crippen LogP) is 4.08. The molecule has 1 saturated carbocycles. The van der Waals surface area contributed by atoms with Gasteiger partial charge in [0.05, 0.1) is 5.41 Å². The number of carbonyl (C=O) groups excluding carboxylic acids is 1. The molecule has 0 bridgehead atoms. The van der Waals surface area contributed by atoms with Gasteiger partial charge in [-0.05, 0) is 48.6 Å². The summed E-state index contributed by atoms with van der Waals surface area (Å²) in [5, 5.41) is 4.09. The molecule has 0 radical (unpaired) electrons. The number of fused-ring (bicyclic) bond motifs is 3. The van der Waals surface area contributed by atoms with Crippen LogP contribution in [0.15, 0.2) is 48.5 Å². The molecule has 0 aromatic heterocycles. The average molecular weight is 396 g/mol. The largest absolute Gasteiger partial charge is 0.359 e. The zero-order chi connectivity index (χ0) is 19.4. The number of hydrogen-bond acceptors (Lipinski definition) is 3. The van der Waals surface area contributed by atoms with E-state index in [1.54, 1.807) is 0 Å². The smallest absolute Gasteiger partial charge is 0.264 e. The van der Waals surface area contributed by atoms with Gasteiger partial charge in [0.15, 0.2) is 5.66 Å². The first kappa shape index (κ1) is 18.0. The monoisotopic (exact) mass is 395 g/mol. The Morgan fingerprint density at radius 2 is 1.86 bits per heavy atom. The molecule has 146 valence electrons. The molecule has 2 unspecified atom stereocenters. The van der Waals surface area contributed by atoms with Crippen LogP contribution in [0, 0.1) is 0 Å². The number of carbonyl (C=O) groups is 1. The average Bonchev–Trinajstić information content (AvgIpc) is 3.08. The SMILES string of the molecule is NC12Nc3ccc(Cl)cc3C1(Cc1ccccc1)CN(C1CCCCC1)C2=O. The molecule has 4 nitrogen and oxygen atoms in total. The minimum absolute atomic E-state index is 0.0302. The van der Waals surface area contributed by atoms with Gasteiger partial charge in [-0.2, -0.15) is 0 Å². The van der Waals surface area contributed by atoms with Gasteiger partial charge in [0.2, 0.25) is 0 Å². The minimum atomic E-state index is -1.13. The number of nitrogens with two attached hydrogens (primary N) is 1. The molecule has 5 rings (SSSR count). The van der Waals surface area contributed by atoms with Gasteiger partial charge in [0.25, 0.3) is 5.91 Å². The van der Waals surface area contributed by atoms with Crippen molar-refractivity contribution in [2.45, 2.75) is 55.6 Å². The van der Waals surface area contributed by atoms with Gasteiger partial charge in [-0.1, -0.05) is 61.2 Å². The number of likely N-dealkylation sites (tertiary alicyclic amines) is 1. The summed E-state index contributed by atoms with van der Waals surface area (Å²) < 4.78 is 0. The van der Waals surface area contributed by atoms with Crippen LogP contribution >= 0.6 is 11.6 Å². The Labute approximate surface area is 171 Å². The van der Waals surface area contributed by atoms with E-state index in [4.69, 9.17) is 17.3 Å². The van der Waals surface area contributed by atoms with Gasteiger partial charge >= 0.3 is 0 Å². The summed E-state index contributed by atoms with van der Waals surface area (Å²) >= 11 is 6.38. The first-order chi connectivity index (χ1) is 13.5. The first-order valence-corrected chi connectivity index (χ1v) is 10.6. The number of nitrogens with zero attached hydrogens (tertiary/aromatic N) is 1. The van der Waals surface area contributed by atoms with Crippen molar-refractivity contribution in [1.82, 2.24) is 4.90 Å². The lowest BCUT2D eigenvalue weighted by Gasteiger charge is -2.35. The molecule has 1 aliphatic carbocycles. The van der Waals surface area contributed by atoms with Crippen molar-refractivity contribution in [3.05, 3.63) is 64.7 Å². The Bertz CT molecular complexity index is 911. The topological polar surface area (TPSA) is 58.4 Å². The third-order valence-electron chi connectivity index (χ3n) is 6.99. The Kier molecular flexibility index (Phi) is 4.18. The fourth-order valence-corrected chi connectivity index (χ4v) is 5.72. The zero-order valence-corrected chi connectivity index (χ0v) is 16.7. The number of hydrogen-bond donors (Lipinski definition) is 2. The number of amides is 1. The van der Waals surface area contributed by atoms with E-state index >= 15 is 0 Å². The Morgan fingerprint density at radius 3 is 2.61 bits per heavy atom. The van der Waals surface area contributed by atoms with Crippen LogP contribution in [0.1, 0.15) is 43.2 Å². The van der Waals surface area contributed by atoms with Crippen molar-refractivity contribution in [2.75, 3.05) is 11.9 Å². The third-order valence-corrected chi connectivity index (χ3v) is 7.22. The Balaban J connectivity index is 1.63. The lowest BCUT2D eigenvalue weighted by Crippen LogP contribution is -2.62. The van der Waals surface area contributed by atoms with Crippen molar-refractivity contribution in [2.24, 2.45) is 5.73 Å². The summed E-state index contributed by atoms with van der Waals surface area (Å²) in [5.74, 6) is 0.0302. The van der Waals surface area contributed by atoms with E-state index < -0.39 is 11.1 Å². The molecule has 3 aliphatic rings. The highest BCUT2D eigenvalue weighted by molar-refractivity contribution is 6.30. The highest BCUT2D eigenvalue weighted by Gasteiger charge is 2.67. The molecule has 0 spiro atoms. The van der Waals surface area contributed by atoms with Crippen molar-refractivity contribution in [3.8, 4) is 0 Å². The molecule has 5 heteroatoms. The van der Waals surface area contributed by atoms with Gasteiger partial charge in [0.1, 0.15) is 0 Å². The van der Waals surface area contributed by atoms with E-state index in [0.717, 1.165) is 24.1 Å². The number of benzene rings is 2. The van der Waals surface area contributed by atoms with E-state index in [-0.39, 0.29) is 5.91 Å². The summed E-state index contributed by atoms with van der Waals surface area (Å²) in [6, 6.07) is 16.4. The van der Waals surface area contributed by atoms with E-state index in [1.165, 1.54) is 24.8 Å². The molecule has 28 heavy (non-hydrogen) atoms. The maximum Gasteiger partial charge on any atom is 0.264 e. The van der Waals surface area contributed by atoms with Crippen LogP contribution < -0.4 is 11.1 Å². The summed E-state index contributed by atoms with van der Waals surface area (Å²) in [7, 11) is 0. The normalized spacial score (nSPS) is 29.5. The van der Waals surface area contributed by atoms with Gasteiger partial charge in [-0.25, -0.2) is 0 Å². The van der Waals surface area contributed by atoms with Crippen molar-refractivity contribution >= 4 is 23.2 Å². The number of rotatable bonds is 3. The van der Waals surface area contributed by atoms with Gasteiger partial charge in [-0.3, -0.25) is 4.79 Å². The maximum absolute atomic E-state index is 13.7. The van der Waals surface area contributed by atoms with Crippen molar-refractivity contribution in [1.29, 1.82) is 0 Å². The third kappa shape index (κ3) is 2.51. The quantitative estimate of drug-likeness (QED) is 0.823. The standard InChI is InChI=1S/C23H26ClN3O/c24-17-11-12-20-19(13-17)22(14-16-7-3-1-4-8-16)15-27(18-9-5-2-6-10-18)21(28)23(22,25)26-20/h1,3-4,7-8,11-13,18,26H,2,5-6,9-10,14-15,25H2. The zero-order valence-electron chi connectivity index (χ0n) is 16.0. The molecule has 2 aromatic rings. The minimum Gasteiger partial charge on any atom is -0.359 e. The van der Waals surface area contributed by atoms with Crippen LogP contribution in [0.4, 0.5) is 5.69 Å². The molecule has 1 saturated heterocycles. The number of halogens is 1. The molecular formula is C23H26ClN3O. The molecule has 2 heterocycles. The summed E-state index contributed by atoms with van der Waals surface area (Å²) in [6.07, 6.45) is 6.50. The second-order valence-corrected chi connectivity index (χ2v) is 9.03. The Hall–Kier alpha value is -2.04. The van der Waals surface area contributed by atoms with Crippen LogP contribution in [0.2, 0.25) is 5.02 Å². The Morgan fingerprint density at radius 1 is 1.11 bits per heavy atom. The van der Waals surface area contributed by atoms with Crippen molar-refractivity contribution in [3.63, 3.8) is 0 Å². The predicted molar refractivity (Wildman–Crippen MR) is 112 cm³/mol. The second kappa shape index (κ2) is 6.50. The van der Waals surface area contributed by atoms with E-state index in [1.807, 2.05) is 36.4 Å². The van der Waals surface area contributed by atoms with Gasteiger partial charge in [0, 0.05) is 23.3 Å². The maximum atomic E-state index is 13.7. The lowest BCUT2D eigenvalue weighted by molar-refractivity contribution is -0.134. The highest BCUT2D eigenvalue weighted by atomic mass is 35.5. The van der Waals surface area contributed by atoms with Gasteiger partial charge < -0.3 is 16.0 Å². The second-order valence-electron chi connectivity index (χ2n) is 8.59. The molecule has 2 atom stereocenters. The number of anilines is 1. The number of nitrogens with one attached hydrogen (secondary N) is 1. The molecule has 2 fully saturated rings. The molecule has 2 aliphatic heterocycles. The van der Waals surface area contributed by atoms with Crippen LogP contribution in [-0.4, -0.2) is 29.1 Å². The molecular weight excluding hydrogens is 370 g/mol. The van der Waals surface area contributed by atoms with E-state index in [0.29, 0.717) is 24.0 Å². The molecule has 1 amide bonds. The first-order valence-electron chi connectivity index (χ1n) is 10.3. The van der Waals surface area contributed by atoms with Crippen molar-refractivity contribution < 1.29 is 4.79 Å². The summed E-state index contributed by atoms with van der Waals surface area (Å²) in [6.45, 7) is 0.641.